The van der Waals surface area contributed by atoms with Gasteiger partial charge in [0.2, 0.25) is 5.91 Å². The molecule has 0 aliphatic carbocycles. The standard InChI is InChI=1S/C12H12N4O3S/c1-8-13-6-12(14-8)20(18,19)16-7-11(17)15-9-4-2-3-5-10(9)16/h2-6H,7H2,1H3,(H,13,14)(H,15,17). The molecule has 2 heterocycles. The Kier molecular flexibility index (Phi) is 2.75. The number of hydrogen-bond donors (Lipinski definition) is 2. The molecule has 2 aromatic rings. The van der Waals surface area contributed by atoms with Gasteiger partial charge in [-0.15, -0.1) is 0 Å². The molecule has 1 aliphatic rings. The van der Waals surface area contributed by atoms with E-state index in [4.69, 9.17) is 0 Å². The second-order valence-electron chi connectivity index (χ2n) is 4.41. The Hall–Kier alpha value is -2.35. The minimum Gasteiger partial charge on any atom is -0.332 e. The zero-order chi connectivity index (χ0) is 14.3. The molecule has 0 fully saturated rings. The number of rotatable bonds is 2. The highest BCUT2D eigenvalue weighted by Gasteiger charge is 2.33. The van der Waals surface area contributed by atoms with Gasteiger partial charge >= 0.3 is 0 Å². The molecule has 20 heavy (non-hydrogen) atoms. The van der Waals surface area contributed by atoms with Gasteiger partial charge in [-0.2, -0.15) is 8.42 Å². The average Bonchev–Trinajstić information content (AvgIpc) is 2.85. The topological polar surface area (TPSA) is 95.2 Å². The highest BCUT2D eigenvalue weighted by atomic mass is 32.2. The number of nitrogens with one attached hydrogen (secondary N) is 2. The van der Waals surface area contributed by atoms with E-state index in [0.29, 0.717) is 17.2 Å². The maximum atomic E-state index is 12.6. The predicted octanol–water partition coefficient (Wildman–Crippen LogP) is 0.866. The summed E-state index contributed by atoms with van der Waals surface area (Å²) in [6.45, 7) is 1.41. The van der Waals surface area contributed by atoms with Gasteiger partial charge in [-0.25, -0.2) is 4.98 Å². The number of aromatic amines is 1. The average molecular weight is 292 g/mol. The summed E-state index contributed by atoms with van der Waals surface area (Å²) in [7, 11) is -3.83. The fourth-order valence-corrected chi connectivity index (χ4v) is 3.47. The van der Waals surface area contributed by atoms with Gasteiger partial charge in [0.25, 0.3) is 10.0 Å². The van der Waals surface area contributed by atoms with Crippen molar-refractivity contribution in [1.82, 2.24) is 9.97 Å². The number of anilines is 2. The van der Waals surface area contributed by atoms with E-state index in [1.54, 1.807) is 31.2 Å². The fraction of sp³-hybridized carbons (Fsp3) is 0.167. The van der Waals surface area contributed by atoms with Crippen molar-refractivity contribution in [2.24, 2.45) is 0 Å². The molecule has 8 heteroatoms. The van der Waals surface area contributed by atoms with Gasteiger partial charge in [0.15, 0.2) is 5.03 Å². The molecule has 1 amide bonds. The summed E-state index contributed by atoms with van der Waals surface area (Å²) in [6.07, 6.45) is 1.25. The number of para-hydroxylation sites is 2. The molecule has 0 spiro atoms. The smallest absolute Gasteiger partial charge is 0.281 e. The molecular formula is C12H12N4O3S. The molecule has 0 saturated heterocycles. The number of imidazole rings is 1. The van der Waals surface area contributed by atoms with E-state index < -0.39 is 10.0 Å². The van der Waals surface area contributed by atoms with Crippen LogP contribution in [-0.2, 0) is 14.8 Å². The number of H-pyrrole nitrogens is 1. The van der Waals surface area contributed by atoms with Crippen LogP contribution < -0.4 is 9.62 Å². The minimum atomic E-state index is -3.83. The summed E-state index contributed by atoms with van der Waals surface area (Å²) < 4.78 is 26.2. The Morgan fingerprint density at radius 1 is 1.30 bits per heavy atom. The van der Waals surface area contributed by atoms with Gasteiger partial charge in [0, 0.05) is 0 Å². The summed E-state index contributed by atoms with van der Waals surface area (Å²) in [4.78, 5) is 18.3. The van der Waals surface area contributed by atoms with E-state index in [2.05, 4.69) is 15.3 Å². The molecule has 7 nitrogen and oxygen atoms in total. The van der Waals surface area contributed by atoms with E-state index in [-0.39, 0.29) is 17.5 Å². The quantitative estimate of drug-likeness (QED) is 0.858. The SMILES string of the molecule is Cc1ncc(S(=O)(=O)N2CC(=O)Nc3ccccc32)[nH]1. The summed E-state index contributed by atoms with van der Waals surface area (Å²) in [5.41, 5.74) is 0.919. The zero-order valence-corrected chi connectivity index (χ0v) is 11.4. The molecule has 1 aromatic carbocycles. The number of carbonyl (C=O) groups is 1. The third-order valence-corrected chi connectivity index (χ3v) is 4.65. The minimum absolute atomic E-state index is 0.0282. The van der Waals surface area contributed by atoms with Crippen LogP contribution in [0, 0.1) is 6.92 Å². The first-order valence-corrected chi connectivity index (χ1v) is 7.36. The maximum Gasteiger partial charge on any atom is 0.281 e. The van der Waals surface area contributed by atoms with Crippen molar-refractivity contribution in [1.29, 1.82) is 0 Å². The largest absolute Gasteiger partial charge is 0.332 e. The van der Waals surface area contributed by atoms with Crippen molar-refractivity contribution < 1.29 is 13.2 Å². The summed E-state index contributed by atoms with van der Waals surface area (Å²) in [5.74, 6) is 0.127. The first-order valence-electron chi connectivity index (χ1n) is 5.92. The van der Waals surface area contributed by atoms with Gasteiger partial charge in [-0.3, -0.25) is 9.10 Å². The number of hydrogen-bond acceptors (Lipinski definition) is 4. The first kappa shape index (κ1) is 12.7. The van der Waals surface area contributed by atoms with Crippen LogP contribution >= 0.6 is 0 Å². The molecule has 0 atom stereocenters. The number of carbonyl (C=O) groups excluding carboxylic acids is 1. The number of amides is 1. The lowest BCUT2D eigenvalue weighted by atomic mass is 10.2. The molecular weight excluding hydrogens is 280 g/mol. The summed E-state index contributed by atoms with van der Waals surface area (Å²) >= 11 is 0. The molecule has 0 radical (unpaired) electrons. The number of benzene rings is 1. The number of nitrogens with zero attached hydrogens (tertiary/aromatic N) is 2. The van der Waals surface area contributed by atoms with Crippen molar-refractivity contribution >= 4 is 27.3 Å². The van der Waals surface area contributed by atoms with Crippen LogP contribution in [0.3, 0.4) is 0 Å². The molecule has 1 aliphatic heterocycles. The van der Waals surface area contributed by atoms with Gasteiger partial charge < -0.3 is 10.3 Å². The van der Waals surface area contributed by atoms with Crippen molar-refractivity contribution in [3.8, 4) is 0 Å². The van der Waals surface area contributed by atoms with Gasteiger partial charge in [-0.1, -0.05) is 12.1 Å². The first-order chi connectivity index (χ1) is 9.48. The molecule has 0 bridgehead atoms. The number of sulfonamides is 1. The Balaban J connectivity index is 2.13. The normalized spacial score (nSPS) is 14.8. The zero-order valence-electron chi connectivity index (χ0n) is 10.6. The summed E-state index contributed by atoms with van der Waals surface area (Å²) in [6, 6.07) is 6.76. The Labute approximate surface area is 115 Å². The molecule has 0 unspecified atom stereocenters. The van der Waals surface area contributed by atoms with Gasteiger partial charge in [-0.05, 0) is 19.1 Å². The lowest BCUT2D eigenvalue weighted by Crippen LogP contribution is -2.42. The lowest BCUT2D eigenvalue weighted by molar-refractivity contribution is -0.115. The van der Waals surface area contributed by atoms with Crippen molar-refractivity contribution in [3.63, 3.8) is 0 Å². The third-order valence-electron chi connectivity index (χ3n) is 2.98. The number of aryl methyl sites for hydroxylation is 1. The predicted molar refractivity (Wildman–Crippen MR) is 72.9 cm³/mol. The molecule has 1 aromatic heterocycles. The Morgan fingerprint density at radius 2 is 2.05 bits per heavy atom. The number of fused-ring (bicyclic) bond motifs is 1. The van der Waals surface area contributed by atoms with Crippen LogP contribution in [0.5, 0.6) is 0 Å². The van der Waals surface area contributed by atoms with Crippen molar-refractivity contribution in [2.75, 3.05) is 16.2 Å². The van der Waals surface area contributed by atoms with Gasteiger partial charge in [0.05, 0.1) is 17.6 Å². The molecule has 104 valence electrons. The molecule has 3 rings (SSSR count). The van der Waals surface area contributed by atoms with E-state index in [1.165, 1.54) is 6.20 Å². The highest BCUT2D eigenvalue weighted by Crippen LogP contribution is 2.32. The Morgan fingerprint density at radius 3 is 2.75 bits per heavy atom. The van der Waals surface area contributed by atoms with Crippen LogP contribution in [0.4, 0.5) is 11.4 Å². The van der Waals surface area contributed by atoms with Crippen LogP contribution in [0.25, 0.3) is 0 Å². The second kappa shape index (κ2) is 4.34. The number of aromatic nitrogens is 2. The van der Waals surface area contributed by atoms with E-state index >= 15 is 0 Å². The van der Waals surface area contributed by atoms with E-state index in [1.807, 2.05) is 0 Å². The van der Waals surface area contributed by atoms with Crippen LogP contribution in [0.1, 0.15) is 5.82 Å². The highest BCUT2D eigenvalue weighted by molar-refractivity contribution is 7.92. The van der Waals surface area contributed by atoms with Crippen molar-refractivity contribution in [2.45, 2.75) is 11.9 Å². The molecule has 0 saturated carbocycles. The monoisotopic (exact) mass is 292 g/mol. The fourth-order valence-electron chi connectivity index (χ4n) is 2.06. The lowest BCUT2D eigenvalue weighted by Gasteiger charge is -2.29. The van der Waals surface area contributed by atoms with Crippen LogP contribution in [0.2, 0.25) is 0 Å². The summed E-state index contributed by atoms with van der Waals surface area (Å²) in [5, 5.41) is 2.62. The van der Waals surface area contributed by atoms with E-state index in [0.717, 1.165) is 4.31 Å². The third kappa shape index (κ3) is 1.94. The van der Waals surface area contributed by atoms with Crippen molar-refractivity contribution in [3.05, 3.63) is 36.3 Å². The second-order valence-corrected chi connectivity index (χ2v) is 6.24. The van der Waals surface area contributed by atoms with Crippen LogP contribution in [-0.4, -0.2) is 30.8 Å². The Bertz CT molecular complexity index is 782. The van der Waals surface area contributed by atoms with Gasteiger partial charge in [0.1, 0.15) is 12.4 Å². The van der Waals surface area contributed by atoms with E-state index in [9.17, 15) is 13.2 Å². The molecule has 2 N–H and O–H groups in total. The van der Waals surface area contributed by atoms with Crippen LogP contribution in [0.15, 0.2) is 35.5 Å². The maximum absolute atomic E-state index is 12.6.